The van der Waals surface area contributed by atoms with E-state index in [0.29, 0.717) is 0 Å². The fourth-order valence-corrected chi connectivity index (χ4v) is 3.30. The monoisotopic (exact) mass is 295 g/mol. The van der Waals surface area contributed by atoms with E-state index in [1.807, 2.05) is 18.2 Å². The van der Waals surface area contributed by atoms with Crippen molar-refractivity contribution in [3.8, 4) is 11.5 Å². The summed E-state index contributed by atoms with van der Waals surface area (Å²) in [5, 5.41) is 3.46. The number of rotatable bonds is 2. The van der Waals surface area contributed by atoms with Gasteiger partial charge in [0.1, 0.15) is 11.5 Å². The van der Waals surface area contributed by atoms with Crippen LogP contribution in [0.3, 0.4) is 0 Å². The molecule has 2 aromatic rings. The standard InChI is InChI=1S/C17H21N5/c1-4-10-22(11-5-1)17-13-12-18-9-7-14(13)20-16(21-17)15-6-2-3-8-19-15/h2-3,6,8,18H,1,4-5,7,9-12H2. The molecule has 1 N–H and O–H groups in total. The molecule has 1 fully saturated rings. The average molecular weight is 295 g/mol. The number of nitrogens with zero attached hydrogens (tertiary/aromatic N) is 4. The summed E-state index contributed by atoms with van der Waals surface area (Å²) < 4.78 is 0. The molecule has 0 unspecified atom stereocenters. The Labute approximate surface area is 130 Å². The quantitative estimate of drug-likeness (QED) is 0.920. The maximum absolute atomic E-state index is 4.89. The Kier molecular flexibility index (Phi) is 3.72. The second-order valence-corrected chi connectivity index (χ2v) is 5.99. The van der Waals surface area contributed by atoms with Gasteiger partial charge < -0.3 is 10.2 Å². The number of aromatic nitrogens is 3. The predicted octanol–water partition coefficient (Wildman–Crippen LogP) is 2.17. The summed E-state index contributed by atoms with van der Waals surface area (Å²) in [5.41, 5.74) is 3.34. The van der Waals surface area contributed by atoms with Crippen molar-refractivity contribution in [2.75, 3.05) is 24.5 Å². The third-order valence-electron chi connectivity index (χ3n) is 4.46. The van der Waals surface area contributed by atoms with E-state index in [0.717, 1.165) is 49.9 Å². The molecule has 4 heterocycles. The number of hydrogen-bond donors (Lipinski definition) is 1. The number of pyridine rings is 1. The predicted molar refractivity (Wildman–Crippen MR) is 86.7 cm³/mol. The Balaban J connectivity index is 1.80. The van der Waals surface area contributed by atoms with Crippen molar-refractivity contribution in [1.82, 2.24) is 20.3 Å². The highest BCUT2D eigenvalue weighted by atomic mass is 15.2. The molecule has 2 aliphatic rings. The van der Waals surface area contributed by atoms with Crippen LogP contribution < -0.4 is 10.2 Å². The molecule has 5 heteroatoms. The van der Waals surface area contributed by atoms with Crippen molar-refractivity contribution in [3.63, 3.8) is 0 Å². The molecule has 0 aliphatic carbocycles. The van der Waals surface area contributed by atoms with Gasteiger partial charge in [0.05, 0.1) is 5.69 Å². The Hall–Kier alpha value is -2.01. The van der Waals surface area contributed by atoms with E-state index in [-0.39, 0.29) is 0 Å². The van der Waals surface area contributed by atoms with Gasteiger partial charge in [-0.05, 0) is 31.4 Å². The van der Waals surface area contributed by atoms with Gasteiger partial charge in [0.25, 0.3) is 0 Å². The van der Waals surface area contributed by atoms with E-state index in [1.54, 1.807) is 6.20 Å². The van der Waals surface area contributed by atoms with E-state index >= 15 is 0 Å². The highest BCUT2D eigenvalue weighted by Crippen LogP contribution is 2.28. The van der Waals surface area contributed by atoms with Gasteiger partial charge in [0.15, 0.2) is 5.82 Å². The maximum atomic E-state index is 4.89. The summed E-state index contributed by atoms with van der Waals surface area (Å²) in [4.78, 5) is 16.5. The van der Waals surface area contributed by atoms with E-state index < -0.39 is 0 Å². The van der Waals surface area contributed by atoms with Gasteiger partial charge in [0, 0.05) is 44.4 Å². The zero-order valence-corrected chi connectivity index (χ0v) is 12.8. The third kappa shape index (κ3) is 2.57. The molecule has 114 valence electrons. The van der Waals surface area contributed by atoms with Crippen molar-refractivity contribution in [2.45, 2.75) is 32.2 Å². The number of fused-ring (bicyclic) bond motifs is 1. The van der Waals surface area contributed by atoms with Crippen LogP contribution in [-0.2, 0) is 13.0 Å². The van der Waals surface area contributed by atoms with Crippen LogP contribution in [0.25, 0.3) is 11.5 Å². The topological polar surface area (TPSA) is 53.9 Å². The van der Waals surface area contributed by atoms with E-state index in [1.165, 1.54) is 30.5 Å². The zero-order chi connectivity index (χ0) is 14.8. The van der Waals surface area contributed by atoms with E-state index in [4.69, 9.17) is 9.97 Å². The normalized spacial score (nSPS) is 18.1. The fourth-order valence-electron chi connectivity index (χ4n) is 3.30. The number of hydrogen-bond acceptors (Lipinski definition) is 5. The molecule has 0 bridgehead atoms. The molecular formula is C17H21N5. The van der Waals surface area contributed by atoms with Gasteiger partial charge in [-0.2, -0.15) is 0 Å². The minimum Gasteiger partial charge on any atom is -0.356 e. The van der Waals surface area contributed by atoms with Crippen molar-refractivity contribution in [3.05, 3.63) is 35.7 Å². The highest BCUT2D eigenvalue weighted by Gasteiger charge is 2.23. The zero-order valence-electron chi connectivity index (χ0n) is 12.8. The van der Waals surface area contributed by atoms with Crippen LogP contribution in [0.1, 0.15) is 30.5 Å². The van der Waals surface area contributed by atoms with Gasteiger partial charge in [0.2, 0.25) is 0 Å². The lowest BCUT2D eigenvalue weighted by molar-refractivity contribution is 0.562. The maximum Gasteiger partial charge on any atom is 0.180 e. The molecule has 4 rings (SSSR count). The molecule has 0 amide bonds. The highest BCUT2D eigenvalue weighted by molar-refractivity contribution is 5.58. The molecule has 0 aromatic carbocycles. The molecule has 0 saturated carbocycles. The van der Waals surface area contributed by atoms with Gasteiger partial charge >= 0.3 is 0 Å². The number of nitrogens with one attached hydrogen (secondary N) is 1. The van der Waals surface area contributed by atoms with Crippen LogP contribution in [0.5, 0.6) is 0 Å². The van der Waals surface area contributed by atoms with Crippen molar-refractivity contribution in [1.29, 1.82) is 0 Å². The molecule has 0 radical (unpaired) electrons. The lowest BCUT2D eigenvalue weighted by Crippen LogP contribution is -2.34. The van der Waals surface area contributed by atoms with Crippen LogP contribution >= 0.6 is 0 Å². The Morgan fingerprint density at radius 2 is 1.95 bits per heavy atom. The number of piperidine rings is 1. The van der Waals surface area contributed by atoms with Gasteiger partial charge in [-0.15, -0.1) is 0 Å². The average Bonchev–Trinajstić information content (AvgIpc) is 2.62. The smallest absolute Gasteiger partial charge is 0.180 e. The molecule has 2 aliphatic heterocycles. The number of anilines is 1. The van der Waals surface area contributed by atoms with E-state index in [9.17, 15) is 0 Å². The molecule has 2 aromatic heterocycles. The summed E-state index contributed by atoms with van der Waals surface area (Å²) in [7, 11) is 0. The minimum atomic E-state index is 0.766. The van der Waals surface area contributed by atoms with Gasteiger partial charge in [-0.3, -0.25) is 4.98 Å². The summed E-state index contributed by atoms with van der Waals surface area (Å²) in [6.07, 6.45) is 6.62. The van der Waals surface area contributed by atoms with E-state index in [2.05, 4.69) is 15.2 Å². The SMILES string of the molecule is c1ccc(-c2nc3c(c(N4CCCCC4)n2)CNCC3)nc1. The van der Waals surface area contributed by atoms with Gasteiger partial charge in [-0.1, -0.05) is 6.07 Å². The molecule has 0 spiro atoms. The van der Waals surface area contributed by atoms with Crippen LogP contribution in [-0.4, -0.2) is 34.6 Å². The second kappa shape index (κ2) is 6.01. The van der Waals surface area contributed by atoms with Crippen LogP contribution in [0, 0.1) is 0 Å². The summed E-state index contributed by atoms with van der Waals surface area (Å²) in [6, 6.07) is 5.91. The molecule has 5 nitrogen and oxygen atoms in total. The van der Waals surface area contributed by atoms with Crippen molar-refractivity contribution < 1.29 is 0 Å². The van der Waals surface area contributed by atoms with Gasteiger partial charge in [-0.25, -0.2) is 9.97 Å². The summed E-state index contributed by atoms with van der Waals surface area (Å²) in [5.74, 6) is 1.89. The summed E-state index contributed by atoms with van der Waals surface area (Å²) >= 11 is 0. The Bertz CT molecular complexity index is 650. The molecule has 22 heavy (non-hydrogen) atoms. The lowest BCUT2D eigenvalue weighted by Gasteiger charge is -2.31. The molecular weight excluding hydrogens is 274 g/mol. The van der Waals surface area contributed by atoms with Crippen LogP contribution in [0.15, 0.2) is 24.4 Å². The lowest BCUT2D eigenvalue weighted by atomic mass is 10.1. The molecule has 0 atom stereocenters. The van der Waals surface area contributed by atoms with Crippen LogP contribution in [0.2, 0.25) is 0 Å². The summed E-state index contributed by atoms with van der Waals surface area (Å²) in [6.45, 7) is 4.07. The third-order valence-corrected chi connectivity index (χ3v) is 4.46. The fraction of sp³-hybridized carbons (Fsp3) is 0.471. The van der Waals surface area contributed by atoms with Crippen molar-refractivity contribution in [2.24, 2.45) is 0 Å². The van der Waals surface area contributed by atoms with Crippen molar-refractivity contribution >= 4 is 5.82 Å². The first-order valence-corrected chi connectivity index (χ1v) is 8.19. The first-order valence-electron chi connectivity index (χ1n) is 8.19. The second-order valence-electron chi connectivity index (χ2n) is 5.99. The molecule has 1 saturated heterocycles. The minimum absolute atomic E-state index is 0.766. The largest absolute Gasteiger partial charge is 0.356 e. The van der Waals surface area contributed by atoms with Crippen LogP contribution in [0.4, 0.5) is 5.82 Å². The first-order chi connectivity index (χ1) is 10.9. The Morgan fingerprint density at radius 1 is 1.05 bits per heavy atom. The first kappa shape index (κ1) is 13.6. The Morgan fingerprint density at radius 3 is 2.77 bits per heavy atom.